The van der Waals surface area contributed by atoms with Gasteiger partial charge in [-0.2, -0.15) is 4.31 Å². The molecular weight excluding hydrogens is 330 g/mol. The summed E-state index contributed by atoms with van der Waals surface area (Å²) >= 11 is 1.28. The summed E-state index contributed by atoms with van der Waals surface area (Å²) in [6.07, 6.45) is 1.04. The molecule has 1 N–H and O–H groups in total. The average molecular weight is 343 g/mol. The van der Waals surface area contributed by atoms with Crippen LogP contribution in [0, 0.1) is 0 Å². The molecule has 1 aliphatic rings. The summed E-state index contributed by atoms with van der Waals surface area (Å²) in [6.45, 7) is -0.0779. The summed E-state index contributed by atoms with van der Waals surface area (Å²) in [4.78, 5) is 16.1. The molecule has 0 saturated carbocycles. The Morgan fingerprint density at radius 3 is 2.77 bits per heavy atom. The lowest BCUT2D eigenvalue weighted by molar-refractivity contribution is -0.116. The molecule has 1 aliphatic heterocycles. The minimum atomic E-state index is -3.40. The molecule has 8 nitrogen and oxygen atoms in total. The molecule has 0 spiro atoms. The molecule has 1 aromatic heterocycles. The van der Waals surface area contributed by atoms with Crippen molar-refractivity contribution >= 4 is 42.6 Å². The monoisotopic (exact) mass is 343 g/mol. The van der Waals surface area contributed by atoms with Crippen LogP contribution in [0.25, 0.3) is 10.2 Å². The molecule has 0 atom stereocenters. The van der Waals surface area contributed by atoms with E-state index in [1.807, 2.05) is 0 Å². The smallest absolute Gasteiger partial charge is 0.241 e. The Hall–Kier alpha value is -1.91. The number of hydrogen-bond donors (Lipinski definition) is 1. The van der Waals surface area contributed by atoms with Gasteiger partial charge in [-0.05, 0) is 0 Å². The number of anilines is 1. The van der Waals surface area contributed by atoms with Crippen molar-refractivity contribution in [2.24, 2.45) is 0 Å². The van der Waals surface area contributed by atoms with E-state index in [1.54, 1.807) is 12.1 Å². The van der Waals surface area contributed by atoms with E-state index < -0.39 is 15.9 Å². The fraction of sp³-hybridized carbons (Fsp3) is 0.333. The summed E-state index contributed by atoms with van der Waals surface area (Å²) < 4.78 is 34.9. The van der Waals surface area contributed by atoms with E-state index in [0.717, 1.165) is 15.3 Å². The highest BCUT2D eigenvalue weighted by atomic mass is 32.2. The van der Waals surface area contributed by atoms with Crippen LogP contribution < -0.4 is 14.8 Å². The lowest BCUT2D eigenvalue weighted by atomic mass is 10.3. The van der Waals surface area contributed by atoms with Crippen LogP contribution >= 0.6 is 11.3 Å². The molecule has 1 aromatic carbocycles. The number of rotatable bonds is 4. The van der Waals surface area contributed by atoms with Crippen LogP contribution in [0.1, 0.15) is 0 Å². The summed E-state index contributed by atoms with van der Waals surface area (Å²) in [5, 5.41) is 2.98. The Bertz CT molecular complexity index is 805. The average Bonchev–Trinajstić information content (AvgIpc) is 2.98. The highest BCUT2D eigenvalue weighted by molar-refractivity contribution is 7.88. The zero-order valence-electron chi connectivity index (χ0n) is 11.8. The maximum absolute atomic E-state index is 11.8. The third-order valence-electron chi connectivity index (χ3n) is 3.06. The summed E-state index contributed by atoms with van der Waals surface area (Å²) in [7, 11) is -2.06. The molecule has 0 unspecified atom stereocenters. The number of sulfonamides is 1. The number of fused-ring (bicyclic) bond motifs is 2. The first-order valence-electron chi connectivity index (χ1n) is 6.24. The normalized spacial score (nSPS) is 13.8. The minimum Gasteiger partial charge on any atom is -0.454 e. The number of benzene rings is 1. The van der Waals surface area contributed by atoms with Gasteiger partial charge in [0.15, 0.2) is 16.6 Å². The molecule has 22 heavy (non-hydrogen) atoms. The number of ether oxygens (including phenoxy) is 2. The van der Waals surface area contributed by atoms with E-state index in [0.29, 0.717) is 22.1 Å². The number of aromatic nitrogens is 1. The second kappa shape index (κ2) is 5.38. The highest BCUT2D eigenvalue weighted by Gasteiger charge is 2.19. The molecule has 2 aromatic rings. The lowest BCUT2D eigenvalue weighted by Gasteiger charge is -2.12. The second-order valence-electron chi connectivity index (χ2n) is 4.76. The SMILES string of the molecule is CN(CC(=O)Nc1nc2cc3c(cc2s1)OCO3)S(C)(=O)=O. The fourth-order valence-electron chi connectivity index (χ4n) is 1.85. The van der Waals surface area contributed by atoms with E-state index in [1.165, 1.54) is 18.4 Å². The highest BCUT2D eigenvalue weighted by Crippen LogP contribution is 2.38. The molecule has 0 saturated heterocycles. The minimum absolute atomic E-state index is 0.189. The van der Waals surface area contributed by atoms with E-state index >= 15 is 0 Å². The van der Waals surface area contributed by atoms with Gasteiger partial charge in [-0.25, -0.2) is 13.4 Å². The van der Waals surface area contributed by atoms with E-state index in [-0.39, 0.29) is 13.3 Å². The first-order valence-corrected chi connectivity index (χ1v) is 8.91. The molecule has 3 rings (SSSR count). The van der Waals surface area contributed by atoms with E-state index in [2.05, 4.69) is 10.3 Å². The number of carbonyl (C=O) groups is 1. The molecular formula is C12H13N3O5S2. The number of amides is 1. The Morgan fingerprint density at radius 1 is 1.41 bits per heavy atom. The Labute approximate surface area is 130 Å². The number of thiazole rings is 1. The maximum atomic E-state index is 11.8. The molecule has 0 aliphatic carbocycles. The van der Waals surface area contributed by atoms with Crippen molar-refractivity contribution in [3.05, 3.63) is 12.1 Å². The van der Waals surface area contributed by atoms with Gasteiger partial charge >= 0.3 is 0 Å². The van der Waals surface area contributed by atoms with Crippen LogP contribution in [-0.4, -0.2) is 50.3 Å². The number of likely N-dealkylation sites (N-methyl/N-ethyl adjacent to an activating group) is 1. The van der Waals surface area contributed by atoms with E-state index in [9.17, 15) is 13.2 Å². The van der Waals surface area contributed by atoms with Crippen LogP contribution in [0.3, 0.4) is 0 Å². The standard InChI is InChI=1S/C12H13N3O5S2/c1-15(22(2,17)18)5-11(16)14-12-13-7-3-8-9(20-6-19-8)4-10(7)21-12/h3-4H,5-6H2,1-2H3,(H,13,14,16). The second-order valence-corrected chi connectivity index (χ2v) is 7.88. The van der Waals surface area contributed by atoms with Gasteiger partial charge in [0.25, 0.3) is 0 Å². The number of carbonyl (C=O) groups excluding carboxylic acids is 1. The quantitative estimate of drug-likeness (QED) is 0.884. The molecule has 0 bridgehead atoms. The van der Waals surface area contributed by atoms with Gasteiger partial charge in [-0.15, -0.1) is 0 Å². The van der Waals surface area contributed by atoms with Gasteiger partial charge in [0, 0.05) is 19.2 Å². The van der Waals surface area contributed by atoms with Gasteiger partial charge in [-0.1, -0.05) is 11.3 Å². The third kappa shape index (κ3) is 2.98. The van der Waals surface area contributed by atoms with Gasteiger partial charge < -0.3 is 14.8 Å². The summed E-state index contributed by atoms with van der Waals surface area (Å²) in [5.74, 6) is 0.811. The van der Waals surface area contributed by atoms with Gasteiger partial charge in [0.2, 0.25) is 22.7 Å². The molecule has 2 heterocycles. The van der Waals surface area contributed by atoms with Crippen molar-refractivity contribution in [1.82, 2.24) is 9.29 Å². The van der Waals surface area contributed by atoms with Gasteiger partial charge in [-0.3, -0.25) is 4.79 Å². The van der Waals surface area contributed by atoms with Crippen molar-refractivity contribution in [3.8, 4) is 11.5 Å². The predicted molar refractivity (Wildman–Crippen MR) is 81.8 cm³/mol. The molecule has 0 radical (unpaired) electrons. The number of nitrogens with zero attached hydrogens (tertiary/aromatic N) is 2. The van der Waals surface area contributed by atoms with E-state index in [4.69, 9.17) is 9.47 Å². The van der Waals surface area contributed by atoms with Crippen LogP contribution in [0.4, 0.5) is 5.13 Å². The zero-order valence-corrected chi connectivity index (χ0v) is 13.5. The van der Waals surface area contributed by atoms with Crippen LogP contribution in [0.15, 0.2) is 12.1 Å². The lowest BCUT2D eigenvalue weighted by Crippen LogP contribution is -2.34. The molecule has 1 amide bonds. The largest absolute Gasteiger partial charge is 0.454 e. The van der Waals surface area contributed by atoms with Crippen LogP contribution in [0.5, 0.6) is 11.5 Å². The Kier molecular flexibility index (Phi) is 3.67. The zero-order chi connectivity index (χ0) is 15.9. The maximum Gasteiger partial charge on any atom is 0.241 e. The van der Waals surface area contributed by atoms with Crippen molar-refractivity contribution in [2.75, 3.05) is 32.0 Å². The van der Waals surface area contributed by atoms with Crippen molar-refractivity contribution in [3.63, 3.8) is 0 Å². The van der Waals surface area contributed by atoms with Crippen LogP contribution in [0.2, 0.25) is 0 Å². The summed E-state index contributed by atoms with van der Waals surface area (Å²) in [5.41, 5.74) is 0.681. The van der Waals surface area contributed by atoms with Crippen molar-refractivity contribution < 1.29 is 22.7 Å². The fourth-order valence-corrected chi connectivity index (χ4v) is 3.09. The Morgan fingerprint density at radius 2 is 2.09 bits per heavy atom. The Balaban J connectivity index is 1.76. The van der Waals surface area contributed by atoms with Crippen molar-refractivity contribution in [1.29, 1.82) is 0 Å². The van der Waals surface area contributed by atoms with Crippen molar-refractivity contribution in [2.45, 2.75) is 0 Å². The molecule has 0 fully saturated rings. The molecule has 10 heteroatoms. The topological polar surface area (TPSA) is 97.8 Å². The summed E-state index contributed by atoms with van der Waals surface area (Å²) in [6, 6.07) is 3.54. The number of hydrogen-bond acceptors (Lipinski definition) is 7. The van der Waals surface area contributed by atoms with Crippen LogP contribution in [-0.2, 0) is 14.8 Å². The first kappa shape index (κ1) is 15.0. The van der Waals surface area contributed by atoms with Gasteiger partial charge in [0.05, 0.1) is 23.0 Å². The predicted octanol–water partition coefficient (Wildman–Crippen LogP) is 0.855. The first-order chi connectivity index (χ1) is 10.3. The third-order valence-corrected chi connectivity index (χ3v) is 5.26. The molecule has 118 valence electrons. The van der Waals surface area contributed by atoms with Gasteiger partial charge in [0.1, 0.15) is 0 Å². The number of nitrogens with one attached hydrogen (secondary N) is 1.